The molecular weight excluding hydrogens is 200 g/mol. The molecule has 0 aliphatic heterocycles. The number of benzene rings is 1. The summed E-state index contributed by atoms with van der Waals surface area (Å²) in [5.41, 5.74) is 2.35. The maximum atomic E-state index is 11.5. The van der Waals surface area contributed by atoms with Crippen molar-refractivity contribution in [1.82, 2.24) is 0 Å². The van der Waals surface area contributed by atoms with Crippen LogP contribution in [0.1, 0.15) is 44.2 Å². The first-order chi connectivity index (χ1) is 7.69. The fourth-order valence-electron chi connectivity index (χ4n) is 1.66. The molecule has 0 saturated heterocycles. The Balaban J connectivity index is 2.69. The molecule has 1 atom stereocenters. The summed E-state index contributed by atoms with van der Waals surface area (Å²) >= 11 is 0. The van der Waals surface area contributed by atoms with Crippen molar-refractivity contribution in [3.8, 4) is 0 Å². The maximum Gasteiger partial charge on any atom is 0.313 e. The van der Waals surface area contributed by atoms with E-state index in [4.69, 9.17) is 4.74 Å². The summed E-state index contributed by atoms with van der Waals surface area (Å²) in [7, 11) is 0. The van der Waals surface area contributed by atoms with E-state index in [0.29, 0.717) is 6.61 Å². The van der Waals surface area contributed by atoms with E-state index in [9.17, 15) is 4.79 Å². The molecule has 2 nitrogen and oxygen atoms in total. The van der Waals surface area contributed by atoms with Crippen LogP contribution in [0.15, 0.2) is 24.3 Å². The lowest BCUT2D eigenvalue weighted by Gasteiger charge is -2.11. The van der Waals surface area contributed by atoms with Gasteiger partial charge in [0.1, 0.15) is 0 Å². The Labute approximate surface area is 97.6 Å². The topological polar surface area (TPSA) is 26.3 Å². The third kappa shape index (κ3) is 3.37. The second-order valence-electron chi connectivity index (χ2n) is 3.97. The first kappa shape index (κ1) is 12.8. The van der Waals surface area contributed by atoms with Crippen LogP contribution in [0.2, 0.25) is 0 Å². The highest BCUT2D eigenvalue weighted by Gasteiger charge is 2.15. The summed E-state index contributed by atoms with van der Waals surface area (Å²) in [6.07, 6.45) is 2.24. The van der Waals surface area contributed by atoms with Gasteiger partial charge in [-0.05, 0) is 31.4 Å². The molecule has 0 aromatic heterocycles. The van der Waals surface area contributed by atoms with Gasteiger partial charge in [-0.3, -0.25) is 4.79 Å². The van der Waals surface area contributed by atoms with E-state index >= 15 is 0 Å². The van der Waals surface area contributed by atoms with Gasteiger partial charge in [-0.1, -0.05) is 37.6 Å². The molecular formula is C14H20O2. The van der Waals surface area contributed by atoms with E-state index < -0.39 is 0 Å². The summed E-state index contributed by atoms with van der Waals surface area (Å²) < 4.78 is 5.00. The highest BCUT2D eigenvalue weighted by Crippen LogP contribution is 2.18. The van der Waals surface area contributed by atoms with Gasteiger partial charge in [0.05, 0.1) is 12.5 Å². The molecule has 88 valence electrons. The molecule has 1 rings (SSSR count). The molecule has 1 unspecified atom stereocenters. The van der Waals surface area contributed by atoms with Crippen LogP contribution in [0.25, 0.3) is 0 Å². The number of esters is 1. The summed E-state index contributed by atoms with van der Waals surface area (Å²) in [4.78, 5) is 11.5. The summed E-state index contributed by atoms with van der Waals surface area (Å²) in [6.45, 7) is 6.31. The van der Waals surface area contributed by atoms with Gasteiger partial charge in [-0.2, -0.15) is 0 Å². The SMILES string of the molecule is CCCc1ccc(C(C)C(=O)OCC)cc1. The van der Waals surface area contributed by atoms with Crippen molar-refractivity contribution >= 4 is 5.97 Å². The van der Waals surface area contributed by atoms with Gasteiger partial charge in [-0.25, -0.2) is 0 Å². The first-order valence-electron chi connectivity index (χ1n) is 5.94. The second kappa shape index (κ2) is 6.31. The van der Waals surface area contributed by atoms with Gasteiger partial charge < -0.3 is 4.74 Å². The molecule has 2 heteroatoms. The molecule has 1 aromatic carbocycles. The van der Waals surface area contributed by atoms with E-state index in [1.807, 2.05) is 26.0 Å². The van der Waals surface area contributed by atoms with E-state index in [1.54, 1.807) is 0 Å². The maximum absolute atomic E-state index is 11.5. The van der Waals surface area contributed by atoms with Crippen LogP contribution in [0.4, 0.5) is 0 Å². The lowest BCUT2D eigenvalue weighted by atomic mass is 9.99. The molecule has 0 spiro atoms. The van der Waals surface area contributed by atoms with Crippen LogP contribution in [0.5, 0.6) is 0 Å². The third-order valence-electron chi connectivity index (χ3n) is 2.66. The lowest BCUT2D eigenvalue weighted by Crippen LogP contribution is -2.12. The first-order valence-corrected chi connectivity index (χ1v) is 5.94. The number of rotatable bonds is 5. The Morgan fingerprint density at radius 1 is 1.25 bits per heavy atom. The number of carbonyl (C=O) groups is 1. The number of hydrogen-bond acceptors (Lipinski definition) is 2. The van der Waals surface area contributed by atoms with Crippen molar-refractivity contribution in [2.45, 2.75) is 39.5 Å². The average Bonchev–Trinajstić information content (AvgIpc) is 2.30. The Kier molecular flexibility index (Phi) is 5.03. The molecule has 0 fully saturated rings. The number of carbonyl (C=O) groups excluding carboxylic acids is 1. The Hall–Kier alpha value is -1.31. The molecule has 0 aliphatic rings. The zero-order valence-electron chi connectivity index (χ0n) is 10.3. The van der Waals surface area contributed by atoms with Crippen molar-refractivity contribution in [1.29, 1.82) is 0 Å². The largest absolute Gasteiger partial charge is 0.466 e. The molecule has 0 amide bonds. The number of hydrogen-bond donors (Lipinski definition) is 0. The molecule has 0 N–H and O–H groups in total. The van der Waals surface area contributed by atoms with Gasteiger partial charge in [0, 0.05) is 0 Å². The standard InChI is InChI=1S/C14H20O2/c1-4-6-12-7-9-13(10-8-12)11(3)14(15)16-5-2/h7-11H,4-6H2,1-3H3. The van der Waals surface area contributed by atoms with Gasteiger partial charge in [0.25, 0.3) is 0 Å². The highest BCUT2D eigenvalue weighted by atomic mass is 16.5. The fourth-order valence-corrected chi connectivity index (χ4v) is 1.66. The lowest BCUT2D eigenvalue weighted by molar-refractivity contribution is -0.144. The van der Waals surface area contributed by atoms with Gasteiger partial charge >= 0.3 is 5.97 Å². The molecule has 1 aromatic rings. The highest BCUT2D eigenvalue weighted by molar-refractivity contribution is 5.77. The zero-order valence-corrected chi connectivity index (χ0v) is 10.3. The summed E-state index contributed by atoms with van der Waals surface area (Å²) in [5, 5.41) is 0. The smallest absolute Gasteiger partial charge is 0.313 e. The van der Waals surface area contributed by atoms with Crippen molar-refractivity contribution in [2.75, 3.05) is 6.61 Å². The average molecular weight is 220 g/mol. The third-order valence-corrected chi connectivity index (χ3v) is 2.66. The Morgan fingerprint density at radius 3 is 2.38 bits per heavy atom. The minimum absolute atomic E-state index is 0.147. The Bertz CT molecular complexity index is 327. The minimum Gasteiger partial charge on any atom is -0.466 e. The van der Waals surface area contributed by atoms with E-state index in [0.717, 1.165) is 18.4 Å². The Morgan fingerprint density at radius 2 is 1.88 bits per heavy atom. The predicted molar refractivity (Wildman–Crippen MR) is 65.5 cm³/mol. The van der Waals surface area contributed by atoms with Crippen molar-refractivity contribution in [2.24, 2.45) is 0 Å². The van der Waals surface area contributed by atoms with E-state index in [2.05, 4.69) is 19.1 Å². The summed E-state index contributed by atoms with van der Waals surface area (Å²) in [5.74, 6) is -0.318. The van der Waals surface area contributed by atoms with Crippen LogP contribution >= 0.6 is 0 Å². The molecule has 0 aliphatic carbocycles. The summed E-state index contributed by atoms with van der Waals surface area (Å²) in [6, 6.07) is 8.22. The predicted octanol–water partition coefficient (Wildman–Crippen LogP) is 3.31. The van der Waals surface area contributed by atoms with Gasteiger partial charge in [-0.15, -0.1) is 0 Å². The molecule has 0 bridgehead atoms. The van der Waals surface area contributed by atoms with Gasteiger partial charge in [0.15, 0.2) is 0 Å². The van der Waals surface area contributed by atoms with Crippen LogP contribution in [-0.2, 0) is 16.0 Å². The van der Waals surface area contributed by atoms with Crippen molar-refractivity contribution < 1.29 is 9.53 Å². The second-order valence-corrected chi connectivity index (χ2v) is 3.97. The van der Waals surface area contributed by atoms with Crippen LogP contribution < -0.4 is 0 Å². The fraction of sp³-hybridized carbons (Fsp3) is 0.500. The van der Waals surface area contributed by atoms with Crippen molar-refractivity contribution in [3.63, 3.8) is 0 Å². The van der Waals surface area contributed by atoms with Crippen LogP contribution in [0.3, 0.4) is 0 Å². The monoisotopic (exact) mass is 220 g/mol. The number of aryl methyl sites for hydroxylation is 1. The molecule has 0 saturated carbocycles. The van der Waals surface area contributed by atoms with Gasteiger partial charge in [0.2, 0.25) is 0 Å². The molecule has 0 heterocycles. The molecule has 16 heavy (non-hydrogen) atoms. The number of ether oxygens (including phenoxy) is 1. The quantitative estimate of drug-likeness (QED) is 0.712. The van der Waals surface area contributed by atoms with E-state index in [1.165, 1.54) is 5.56 Å². The van der Waals surface area contributed by atoms with Crippen LogP contribution in [-0.4, -0.2) is 12.6 Å². The van der Waals surface area contributed by atoms with E-state index in [-0.39, 0.29) is 11.9 Å². The zero-order chi connectivity index (χ0) is 12.0. The normalized spacial score (nSPS) is 12.2. The minimum atomic E-state index is -0.171. The van der Waals surface area contributed by atoms with Crippen molar-refractivity contribution in [3.05, 3.63) is 35.4 Å². The van der Waals surface area contributed by atoms with Crippen LogP contribution in [0, 0.1) is 0 Å². The molecule has 0 radical (unpaired) electrons.